The van der Waals surface area contributed by atoms with Crippen LogP contribution in [-0.4, -0.2) is 40.7 Å². The minimum Gasteiger partial charge on any atom is -0.342 e. The Morgan fingerprint density at radius 1 is 1.13 bits per heavy atom. The second-order valence-electron chi connectivity index (χ2n) is 7.43. The number of hydrogen-bond donors (Lipinski definition) is 1. The molecule has 0 radical (unpaired) electrons. The predicted octanol–water partition coefficient (Wildman–Crippen LogP) is 3.69. The molecule has 3 aromatic rings. The maximum absolute atomic E-state index is 12.9. The molecule has 1 aliphatic rings. The largest absolute Gasteiger partial charge is 0.342 e. The minimum absolute atomic E-state index is 0.00264. The van der Waals surface area contributed by atoms with Gasteiger partial charge in [-0.05, 0) is 24.0 Å². The first kappa shape index (κ1) is 20.2. The summed E-state index contributed by atoms with van der Waals surface area (Å²) in [5.74, 6) is 0.623. The van der Waals surface area contributed by atoms with Crippen molar-refractivity contribution in [3.8, 4) is 11.3 Å². The fourth-order valence-corrected chi connectivity index (χ4v) is 5.35. The normalized spacial score (nSPS) is 17.7. The zero-order valence-electron chi connectivity index (χ0n) is 16.3. The SMILES string of the molecule is O=[N+]([O-])c1ccc(CS(=O)(=O)N2CCCC(c3ncc(-c4ccccc4)[nH]3)C2)cc1. The van der Waals surface area contributed by atoms with Gasteiger partial charge in [-0.25, -0.2) is 17.7 Å². The van der Waals surface area contributed by atoms with Crippen LogP contribution in [0.2, 0.25) is 0 Å². The van der Waals surface area contributed by atoms with Crippen molar-refractivity contribution in [2.24, 2.45) is 0 Å². The molecule has 1 N–H and O–H groups in total. The number of rotatable bonds is 6. The van der Waals surface area contributed by atoms with Crippen molar-refractivity contribution in [1.29, 1.82) is 0 Å². The molecule has 1 unspecified atom stereocenters. The molecule has 9 heteroatoms. The fourth-order valence-electron chi connectivity index (χ4n) is 3.74. The molecular formula is C21H22N4O4S. The first-order valence-electron chi connectivity index (χ1n) is 9.74. The molecule has 1 atom stereocenters. The lowest BCUT2D eigenvalue weighted by Crippen LogP contribution is -2.40. The molecule has 1 saturated heterocycles. The highest BCUT2D eigenvalue weighted by molar-refractivity contribution is 7.88. The zero-order valence-corrected chi connectivity index (χ0v) is 17.1. The second kappa shape index (κ2) is 8.37. The van der Waals surface area contributed by atoms with E-state index in [4.69, 9.17) is 0 Å². The molecule has 4 rings (SSSR count). The Hall–Kier alpha value is -3.04. The fraction of sp³-hybridized carbons (Fsp3) is 0.286. The van der Waals surface area contributed by atoms with E-state index >= 15 is 0 Å². The number of aromatic amines is 1. The molecule has 2 aromatic carbocycles. The lowest BCUT2D eigenvalue weighted by Gasteiger charge is -2.31. The van der Waals surface area contributed by atoms with Crippen LogP contribution < -0.4 is 0 Å². The zero-order chi connectivity index (χ0) is 21.1. The number of nitro groups is 1. The number of H-pyrrole nitrogens is 1. The van der Waals surface area contributed by atoms with Crippen molar-refractivity contribution in [1.82, 2.24) is 14.3 Å². The molecule has 0 bridgehead atoms. The number of benzene rings is 2. The van der Waals surface area contributed by atoms with Crippen molar-refractivity contribution in [2.45, 2.75) is 24.5 Å². The average molecular weight is 426 g/mol. The van der Waals surface area contributed by atoms with Crippen molar-refractivity contribution in [3.63, 3.8) is 0 Å². The molecule has 1 aliphatic heterocycles. The number of nitrogens with zero attached hydrogens (tertiary/aromatic N) is 3. The number of non-ortho nitro benzene ring substituents is 1. The summed E-state index contributed by atoms with van der Waals surface area (Å²) in [4.78, 5) is 18.1. The summed E-state index contributed by atoms with van der Waals surface area (Å²) in [6.45, 7) is 0.842. The molecule has 156 valence electrons. The number of nitro benzene ring substituents is 1. The van der Waals surface area contributed by atoms with Crippen LogP contribution in [0.15, 0.2) is 60.8 Å². The Morgan fingerprint density at radius 3 is 2.57 bits per heavy atom. The van der Waals surface area contributed by atoms with E-state index in [1.54, 1.807) is 6.20 Å². The van der Waals surface area contributed by atoms with Gasteiger partial charge in [-0.15, -0.1) is 0 Å². The Kier molecular flexibility index (Phi) is 5.65. The molecule has 0 saturated carbocycles. The third-order valence-electron chi connectivity index (χ3n) is 5.34. The van der Waals surface area contributed by atoms with Crippen LogP contribution in [0.4, 0.5) is 5.69 Å². The summed E-state index contributed by atoms with van der Waals surface area (Å²) in [5.41, 5.74) is 2.43. The summed E-state index contributed by atoms with van der Waals surface area (Å²) < 4.78 is 27.4. The second-order valence-corrected chi connectivity index (χ2v) is 9.39. The van der Waals surface area contributed by atoms with Crippen molar-refractivity contribution in [3.05, 3.63) is 82.3 Å². The summed E-state index contributed by atoms with van der Waals surface area (Å²) in [6.07, 6.45) is 3.41. The summed E-state index contributed by atoms with van der Waals surface area (Å²) >= 11 is 0. The molecule has 0 aliphatic carbocycles. The Balaban J connectivity index is 1.46. The van der Waals surface area contributed by atoms with E-state index in [0.29, 0.717) is 18.7 Å². The smallest absolute Gasteiger partial charge is 0.269 e. The van der Waals surface area contributed by atoms with Crippen LogP contribution in [0.1, 0.15) is 30.1 Å². The molecule has 30 heavy (non-hydrogen) atoms. The Labute approximate surface area is 174 Å². The van der Waals surface area contributed by atoms with Crippen LogP contribution >= 0.6 is 0 Å². The third-order valence-corrected chi connectivity index (χ3v) is 7.16. The quantitative estimate of drug-likeness (QED) is 0.477. The van der Waals surface area contributed by atoms with E-state index in [0.717, 1.165) is 29.9 Å². The Bertz CT molecular complexity index is 1130. The van der Waals surface area contributed by atoms with E-state index in [9.17, 15) is 18.5 Å². The number of imidazole rings is 1. The van der Waals surface area contributed by atoms with Gasteiger partial charge in [-0.3, -0.25) is 10.1 Å². The first-order valence-corrected chi connectivity index (χ1v) is 11.3. The van der Waals surface area contributed by atoms with E-state index in [-0.39, 0.29) is 17.4 Å². The van der Waals surface area contributed by atoms with Crippen LogP contribution in [0.3, 0.4) is 0 Å². The highest BCUT2D eigenvalue weighted by Gasteiger charge is 2.31. The van der Waals surface area contributed by atoms with Crippen molar-refractivity contribution in [2.75, 3.05) is 13.1 Å². The maximum Gasteiger partial charge on any atom is 0.269 e. The maximum atomic E-state index is 12.9. The number of piperidine rings is 1. The van der Waals surface area contributed by atoms with Crippen LogP contribution in [0, 0.1) is 10.1 Å². The lowest BCUT2D eigenvalue weighted by molar-refractivity contribution is -0.384. The number of nitrogens with one attached hydrogen (secondary N) is 1. The van der Waals surface area contributed by atoms with Crippen LogP contribution in [0.25, 0.3) is 11.3 Å². The monoisotopic (exact) mass is 426 g/mol. The van der Waals surface area contributed by atoms with E-state index in [2.05, 4.69) is 9.97 Å². The van der Waals surface area contributed by atoms with Gasteiger partial charge in [0.25, 0.3) is 5.69 Å². The van der Waals surface area contributed by atoms with Gasteiger partial charge in [0.2, 0.25) is 10.0 Å². The molecule has 0 amide bonds. The molecular weight excluding hydrogens is 404 g/mol. The molecule has 8 nitrogen and oxygen atoms in total. The summed E-state index contributed by atoms with van der Waals surface area (Å²) in [5, 5.41) is 10.8. The van der Waals surface area contributed by atoms with Gasteiger partial charge >= 0.3 is 0 Å². The lowest BCUT2D eigenvalue weighted by atomic mass is 9.99. The van der Waals surface area contributed by atoms with Gasteiger partial charge in [-0.1, -0.05) is 42.5 Å². The minimum atomic E-state index is -3.53. The Morgan fingerprint density at radius 2 is 1.87 bits per heavy atom. The van der Waals surface area contributed by atoms with Gasteiger partial charge in [0, 0.05) is 31.1 Å². The highest BCUT2D eigenvalue weighted by Crippen LogP contribution is 2.29. The van der Waals surface area contributed by atoms with E-state index < -0.39 is 14.9 Å². The number of hydrogen-bond acceptors (Lipinski definition) is 5. The highest BCUT2D eigenvalue weighted by atomic mass is 32.2. The van der Waals surface area contributed by atoms with Crippen molar-refractivity contribution < 1.29 is 13.3 Å². The predicted molar refractivity (Wildman–Crippen MR) is 113 cm³/mol. The summed E-state index contributed by atoms with van der Waals surface area (Å²) in [7, 11) is -3.53. The molecule has 2 heterocycles. The molecule has 1 aromatic heterocycles. The van der Waals surface area contributed by atoms with Crippen LogP contribution in [0.5, 0.6) is 0 Å². The molecule has 1 fully saturated rings. The third kappa shape index (κ3) is 4.42. The summed E-state index contributed by atoms with van der Waals surface area (Å²) in [6, 6.07) is 15.5. The van der Waals surface area contributed by atoms with Gasteiger partial charge in [0.1, 0.15) is 5.82 Å². The van der Waals surface area contributed by atoms with Crippen molar-refractivity contribution >= 4 is 15.7 Å². The number of sulfonamides is 1. The average Bonchev–Trinajstić information content (AvgIpc) is 3.25. The first-order chi connectivity index (χ1) is 14.4. The van der Waals surface area contributed by atoms with Gasteiger partial charge in [0.15, 0.2) is 0 Å². The van der Waals surface area contributed by atoms with E-state index in [1.807, 2.05) is 30.3 Å². The van der Waals surface area contributed by atoms with E-state index in [1.165, 1.54) is 28.6 Å². The van der Waals surface area contributed by atoms with Gasteiger partial charge < -0.3 is 4.98 Å². The van der Waals surface area contributed by atoms with Gasteiger partial charge in [0.05, 0.1) is 22.6 Å². The number of aromatic nitrogens is 2. The van der Waals surface area contributed by atoms with Gasteiger partial charge in [-0.2, -0.15) is 0 Å². The van der Waals surface area contributed by atoms with Crippen LogP contribution in [-0.2, 0) is 15.8 Å². The standard InChI is InChI=1S/C21H22N4O4S/c26-25(27)19-10-8-16(9-11-19)15-30(28,29)24-12-4-7-18(14-24)21-22-13-20(23-21)17-5-2-1-3-6-17/h1-3,5-6,8-11,13,18H,4,7,12,14-15H2,(H,22,23). The molecule has 0 spiro atoms. The topological polar surface area (TPSA) is 109 Å².